The number of pyridine rings is 1. The largest absolute Gasteiger partial charge is 0.365 e. The van der Waals surface area contributed by atoms with Gasteiger partial charge in [-0.1, -0.05) is 0 Å². The standard InChI is InChI=1S/C19H22N8/c1-12-9-14(3)27(25-12)11-13(2)22-18-16-10-21-26(4)19(16)24-17(23-18)15-5-7-20-8-6-15/h5-10,13H,11H2,1-4H3,(H,22,23,24)/t13-/m1/s1. The second kappa shape index (κ2) is 6.79. The molecule has 8 nitrogen and oxygen atoms in total. The molecule has 4 aromatic heterocycles. The highest BCUT2D eigenvalue weighted by Gasteiger charge is 2.15. The van der Waals surface area contributed by atoms with Crippen LogP contribution in [-0.4, -0.2) is 40.6 Å². The van der Waals surface area contributed by atoms with Crippen molar-refractivity contribution in [3.63, 3.8) is 0 Å². The van der Waals surface area contributed by atoms with Crippen molar-refractivity contribution < 1.29 is 0 Å². The van der Waals surface area contributed by atoms with Gasteiger partial charge in [0.05, 0.1) is 23.8 Å². The monoisotopic (exact) mass is 362 g/mol. The molecule has 0 bridgehead atoms. The lowest BCUT2D eigenvalue weighted by Gasteiger charge is -2.17. The van der Waals surface area contributed by atoms with Crippen LogP contribution in [0.25, 0.3) is 22.4 Å². The zero-order chi connectivity index (χ0) is 19.0. The Labute approximate surface area is 157 Å². The highest BCUT2D eigenvalue weighted by atomic mass is 15.3. The lowest BCUT2D eigenvalue weighted by molar-refractivity contribution is 0.545. The molecule has 8 heteroatoms. The van der Waals surface area contributed by atoms with E-state index in [2.05, 4.69) is 45.4 Å². The van der Waals surface area contributed by atoms with Gasteiger partial charge in [0.1, 0.15) is 5.82 Å². The average Bonchev–Trinajstić information content (AvgIpc) is 3.17. The van der Waals surface area contributed by atoms with Gasteiger partial charge in [0.15, 0.2) is 11.5 Å². The third-order valence-electron chi connectivity index (χ3n) is 4.46. The molecule has 1 N–H and O–H groups in total. The minimum atomic E-state index is 0.131. The first-order valence-corrected chi connectivity index (χ1v) is 8.89. The fraction of sp³-hybridized carbons (Fsp3) is 0.316. The molecule has 27 heavy (non-hydrogen) atoms. The Morgan fingerprint density at radius 2 is 1.93 bits per heavy atom. The summed E-state index contributed by atoms with van der Waals surface area (Å²) in [4.78, 5) is 13.5. The molecule has 138 valence electrons. The number of aromatic nitrogens is 7. The van der Waals surface area contributed by atoms with Gasteiger partial charge in [-0.15, -0.1) is 0 Å². The molecule has 0 unspecified atom stereocenters. The molecule has 0 spiro atoms. The van der Waals surface area contributed by atoms with Gasteiger partial charge in [0, 0.05) is 36.7 Å². The molecule has 0 aliphatic heterocycles. The molecule has 0 radical (unpaired) electrons. The van der Waals surface area contributed by atoms with Crippen LogP contribution in [0.3, 0.4) is 0 Å². The number of aryl methyl sites for hydroxylation is 3. The first kappa shape index (κ1) is 17.1. The average molecular weight is 362 g/mol. The molecule has 4 aromatic rings. The van der Waals surface area contributed by atoms with Crippen molar-refractivity contribution >= 4 is 16.9 Å². The number of anilines is 1. The predicted molar refractivity (Wildman–Crippen MR) is 104 cm³/mol. The van der Waals surface area contributed by atoms with Crippen molar-refractivity contribution in [3.05, 3.63) is 48.2 Å². The van der Waals surface area contributed by atoms with Crippen LogP contribution in [0.2, 0.25) is 0 Å². The summed E-state index contributed by atoms with van der Waals surface area (Å²) in [6.07, 6.45) is 5.28. The Morgan fingerprint density at radius 1 is 1.15 bits per heavy atom. The molecule has 0 amide bonds. The van der Waals surface area contributed by atoms with Gasteiger partial charge in [-0.3, -0.25) is 14.3 Å². The number of hydrogen-bond donors (Lipinski definition) is 1. The lowest BCUT2D eigenvalue weighted by atomic mass is 10.2. The molecule has 4 heterocycles. The molecular formula is C19H22N8. The van der Waals surface area contributed by atoms with Crippen molar-refractivity contribution in [2.75, 3.05) is 5.32 Å². The maximum absolute atomic E-state index is 4.76. The molecule has 0 aliphatic carbocycles. The first-order chi connectivity index (χ1) is 13.0. The van der Waals surface area contributed by atoms with Gasteiger partial charge in [0.25, 0.3) is 0 Å². The van der Waals surface area contributed by atoms with Crippen molar-refractivity contribution in [3.8, 4) is 11.4 Å². The fourth-order valence-electron chi connectivity index (χ4n) is 3.16. The quantitative estimate of drug-likeness (QED) is 0.587. The lowest BCUT2D eigenvalue weighted by Crippen LogP contribution is -2.24. The SMILES string of the molecule is Cc1cc(C)n(C[C@@H](C)Nc2nc(-c3ccncc3)nc3c2cnn3C)n1. The summed E-state index contributed by atoms with van der Waals surface area (Å²) >= 11 is 0. The van der Waals surface area contributed by atoms with E-state index in [0.717, 1.165) is 40.3 Å². The third kappa shape index (κ3) is 3.38. The molecular weight excluding hydrogens is 340 g/mol. The second-order valence-electron chi connectivity index (χ2n) is 6.79. The molecule has 0 saturated heterocycles. The Hall–Kier alpha value is -3.29. The van der Waals surface area contributed by atoms with E-state index < -0.39 is 0 Å². The van der Waals surface area contributed by atoms with Crippen molar-refractivity contribution in [1.29, 1.82) is 0 Å². The van der Waals surface area contributed by atoms with E-state index >= 15 is 0 Å². The Morgan fingerprint density at radius 3 is 2.63 bits per heavy atom. The van der Waals surface area contributed by atoms with Crippen molar-refractivity contribution in [2.24, 2.45) is 7.05 Å². The van der Waals surface area contributed by atoms with Crippen LogP contribution in [0.1, 0.15) is 18.3 Å². The van der Waals surface area contributed by atoms with Crippen molar-refractivity contribution in [2.45, 2.75) is 33.4 Å². The molecule has 4 rings (SSSR count). The fourth-order valence-corrected chi connectivity index (χ4v) is 3.16. The zero-order valence-corrected chi connectivity index (χ0v) is 15.9. The van der Waals surface area contributed by atoms with Gasteiger partial charge in [0.2, 0.25) is 0 Å². The Bertz CT molecular complexity index is 1080. The van der Waals surface area contributed by atoms with Gasteiger partial charge < -0.3 is 5.32 Å². The Kier molecular flexibility index (Phi) is 4.31. The van der Waals surface area contributed by atoms with E-state index in [4.69, 9.17) is 4.98 Å². The highest BCUT2D eigenvalue weighted by molar-refractivity contribution is 5.88. The number of hydrogen-bond acceptors (Lipinski definition) is 6. The molecule has 0 fully saturated rings. The maximum atomic E-state index is 4.76. The summed E-state index contributed by atoms with van der Waals surface area (Å²) in [5, 5.41) is 13.3. The van der Waals surface area contributed by atoms with Crippen LogP contribution in [0.4, 0.5) is 5.82 Å². The van der Waals surface area contributed by atoms with Crippen LogP contribution >= 0.6 is 0 Å². The van der Waals surface area contributed by atoms with Crippen LogP contribution in [0, 0.1) is 13.8 Å². The van der Waals surface area contributed by atoms with E-state index in [1.807, 2.05) is 30.8 Å². The van der Waals surface area contributed by atoms with E-state index in [9.17, 15) is 0 Å². The van der Waals surface area contributed by atoms with Crippen molar-refractivity contribution in [1.82, 2.24) is 34.5 Å². The van der Waals surface area contributed by atoms with Crippen LogP contribution in [0.15, 0.2) is 36.8 Å². The number of nitrogens with zero attached hydrogens (tertiary/aromatic N) is 7. The summed E-state index contributed by atoms with van der Waals surface area (Å²) < 4.78 is 3.77. The van der Waals surface area contributed by atoms with E-state index in [1.54, 1.807) is 23.3 Å². The minimum absolute atomic E-state index is 0.131. The topological polar surface area (TPSA) is 86.3 Å². The zero-order valence-electron chi connectivity index (χ0n) is 15.9. The van der Waals surface area contributed by atoms with Gasteiger partial charge >= 0.3 is 0 Å². The third-order valence-corrected chi connectivity index (χ3v) is 4.46. The van der Waals surface area contributed by atoms with Gasteiger partial charge in [-0.05, 0) is 39.0 Å². The van der Waals surface area contributed by atoms with E-state index in [-0.39, 0.29) is 6.04 Å². The molecule has 1 atom stereocenters. The molecule has 0 aromatic carbocycles. The smallest absolute Gasteiger partial charge is 0.164 e. The normalized spacial score (nSPS) is 12.4. The van der Waals surface area contributed by atoms with Gasteiger partial charge in [-0.25, -0.2) is 9.97 Å². The number of rotatable bonds is 5. The highest BCUT2D eigenvalue weighted by Crippen LogP contribution is 2.25. The minimum Gasteiger partial charge on any atom is -0.365 e. The van der Waals surface area contributed by atoms with Crippen LogP contribution < -0.4 is 5.32 Å². The summed E-state index contributed by atoms with van der Waals surface area (Å²) in [7, 11) is 1.88. The summed E-state index contributed by atoms with van der Waals surface area (Å²) in [5.74, 6) is 1.42. The Balaban J connectivity index is 1.69. The maximum Gasteiger partial charge on any atom is 0.164 e. The molecule has 0 saturated carbocycles. The van der Waals surface area contributed by atoms with Crippen LogP contribution in [0.5, 0.6) is 0 Å². The predicted octanol–water partition coefficient (Wildman–Crippen LogP) is 2.74. The summed E-state index contributed by atoms with van der Waals surface area (Å²) in [5.41, 5.74) is 3.88. The number of fused-ring (bicyclic) bond motifs is 1. The first-order valence-electron chi connectivity index (χ1n) is 8.89. The summed E-state index contributed by atoms with van der Waals surface area (Å²) in [6, 6.07) is 6.02. The second-order valence-corrected chi connectivity index (χ2v) is 6.79. The van der Waals surface area contributed by atoms with Crippen LogP contribution in [-0.2, 0) is 13.6 Å². The number of nitrogens with one attached hydrogen (secondary N) is 1. The van der Waals surface area contributed by atoms with E-state index in [1.165, 1.54) is 0 Å². The summed E-state index contributed by atoms with van der Waals surface area (Å²) in [6.45, 7) is 6.94. The van der Waals surface area contributed by atoms with Gasteiger partial charge in [-0.2, -0.15) is 10.2 Å². The molecule has 0 aliphatic rings. The van der Waals surface area contributed by atoms with E-state index in [0.29, 0.717) is 5.82 Å².